The molecule has 1 heterocycles. The van der Waals surface area contributed by atoms with E-state index in [1.165, 1.54) is 5.56 Å². The highest BCUT2D eigenvalue weighted by molar-refractivity contribution is 9.28. The van der Waals surface area contributed by atoms with Gasteiger partial charge in [-0.15, -0.1) is 0 Å². The molecule has 1 aliphatic rings. The molecule has 3 aromatic carbocycles. The van der Waals surface area contributed by atoms with Crippen LogP contribution >= 0.6 is 43.5 Å². The zero-order chi connectivity index (χ0) is 37.5. The first-order chi connectivity index (χ1) is 24.1. The van der Waals surface area contributed by atoms with Gasteiger partial charge in [0, 0.05) is 19.2 Å². The minimum absolute atomic E-state index is 0.0563. The minimum Gasteiger partial charge on any atom is -0.457 e. The number of benzene rings is 3. The molecule has 1 aromatic heterocycles. The van der Waals surface area contributed by atoms with Crippen molar-refractivity contribution in [3.05, 3.63) is 121 Å². The number of para-hydroxylation sites is 1. The summed E-state index contributed by atoms with van der Waals surface area (Å²) in [7, 11) is 1.73. The predicted molar refractivity (Wildman–Crippen MR) is 208 cm³/mol. The summed E-state index contributed by atoms with van der Waals surface area (Å²) >= 11 is 12.9. The van der Waals surface area contributed by atoms with Gasteiger partial charge in [0.2, 0.25) is 6.10 Å². The number of amides is 1. The van der Waals surface area contributed by atoms with Gasteiger partial charge in [0.25, 0.3) is 5.91 Å². The summed E-state index contributed by atoms with van der Waals surface area (Å²) in [5.74, 6) is 0.478. The lowest BCUT2D eigenvalue weighted by Gasteiger charge is -2.19. The van der Waals surface area contributed by atoms with E-state index in [1.54, 1.807) is 36.0 Å². The molecule has 0 bridgehead atoms. The number of rotatable bonds is 10. The standard InChI is InChI=1S/C22H19Br2NO3.C18H24ClN3O/c1-22(2)17(12-19(23)24)20(22)21(26)28-18(13-25)14-7-6-10-16(11-14)27-15-8-4-3-5-9-15;1-6-14-15(19)16(22(5)21-14)17(23)20-11-12-7-9-13(10-8-12)18(2,3)4/h3-12,17-18,20H,1-2H3;7-10H,6,11H2,1-5H3,(H,20,23)/t17-,18+,20-;/m0./s1. The Kier molecular flexibility index (Phi) is 13.3. The molecule has 1 N–H and O–H groups in total. The summed E-state index contributed by atoms with van der Waals surface area (Å²) in [5, 5.41) is 17.2. The van der Waals surface area contributed by atoms with E-state index in [0.717, 1.165) is 14.6 Å². The summed E-state index contributed by atoms with van der Waals surface area (Å²) in [5.41, 5.74) is 3.98. The molecule has 3 atom stereocenters. The van der Waals surface area contributed by atoms with Crippen LogP contribution in [0.5, 0.6) is 11.5 Å². The monoisotopic (exact) mass is 836 g/mol. The van der Waals surface area contributed by atoms with Crippen LogP contribution in [0.1, 0.15) is 80.5 Å². The van der Waals surface area contributed by atoms with E-state index in [2.05, 4.69) is 81.2 Å². The molecule has 0 unspecified atom stereocenters. The molecule has 1 saturated carbocycles. The molecule has 0 spiro atoms. The summed E-state index contributed by atoms with van der Waals surface area (Å²) in [4.78, 5) is 25.0. The van der Waals surface area contributed by atoms with Crippen molar-refractivity contribution in [1.82, 2.24) is 15.1 Å². The molecule has 4 aromatic rings. The van der Waals surface area contributed by atoms with Crippen LogP contribution in [0.15, 0.2) is 88.3 Å². The van der Waals surface area contributed by atoms with Crippen LogP contribution in [-0.2, 0) is 35.0 Å². The number of aromatic nitrogens is 2. The number of hydrogen-bond acceptors (Lipinski definition) is 6. The summed E-state index contributed by atoms with van der Waals surface area (Å²) < 4.78 is 13.7. The van der Waals surface area contributed by atoms with Crippen LogP contribution in [0.4, 0.5) is 0 Å². The summed E-state index contributed by atoms with van der Waals surface area (Å²) in [6.07, 6.45) is 1.66. The molecule has 0 aliphatic heterocycles. The van der Waals surface area contributed by atoms with Gasteiger partial charge in [0.1, 0.15) is 23.3 Å². The Labute approximate surface area is 322 Å². The number of nitrogens with one attached hydrogen (secondary N) is 1. The molecular weight excluding hydrogens is 796 g/mol. The van der Waals surface area contributed by atoms with Crippen molar-refractivity contribution in [2.75, 3.05) is 0 Å². The molecule has 268 valence electrons. The number of ether oxygens (including phenoxy) is 2. The van der Waals surface area contributed by atoms with Crippen LogP contribution in [0.25, 0.3) is 0 Å². The van der Waals surface area contributed by atoms with Crippen LogP contribution < -0.4 is 10.1 Å². The van der Waals surface area contributed by atoms with Gasteiger partial charge in [-0.2, -0.15) is 10.4 Å². The number of nitrogens with zero attached hydrogens (tertiary/aromatic N) is 3. The van der Waals surface area contributed by atoms with Crippen molar-refractivity contribution in [3.8, 4) is 17.6 Å². The zero-order valence-electron chi connectivity index (χ0n) is 29.8. The van der Waals surface area contributed by atoms with Crippen molar-refractivity contribution in [2.45, 2.75) is 66.0 Å². The Morgan fingerprint density at radius 1 is 1.06 bits per heavy atom. The Balaban J connectivity index is 0.000000233. The molecule has 0 radical (unpaired) electrons. The second kappa shape index (κ2) is 17.1. The first-order valence-electron chi connectivity index (χ1n) is 16.6. The first kappa shape index (κ1) is 39.9. The molecule has 11 heteroatoms. The SMILES string of the molecule is CC1(C)[C@H](C(=O)O[C@H](C#N)c2cccc(Oc3ccccc3)c2)[C@@H]1C=C(Br)Br.CCc1nn(C)c(C(=O)NCc2ccc(C(C)(C)C)cc2)c1Cl. The predicted octanol–water partition coefficient (Wildman–Crippen LogP) is 10.4. The zero-order valence-corrected chi connectivity index (χ0v) is 33.8. The van der Waals surface area contributed by atoms with Crippen LogP contribution in [0.3, 0.4) is 0 Å². The van der Waals surface area contributed by atoms with E-state index < -0.39 is 6.10 Å². The quantitative estimate of drug-likeness (QED) is 0.160. The Bertz CT molecular complexity index is 1910. The number of carbonyl (C=O) groups excluding carboxylic acids is 2. The number of hydrogen-bond donors (Lipinski definition) is 1. The maximum Gasteiger partial charge on any atom is 0.311 e. The third-order valence-electron chi connectivity index (χ3n) is 8.84. The summed E-state index contributed by atoms with van der Waals surface area (Å²) in [6, 6.07) is 26.8. The number of nitriles is 1. The highest BCUT2D eigenvalue weighted by Crippen LogP contribution is 2.60. The van der Waals surface area contributed by atoms with Gasteiger partial charge in [-0.1, -0.05) is 114 Å². The molecule has 8 nitrogen and oxygen atoms in total. The third-order valence-corrected chi connectivity index (χ3v) is 9.77. The molecule has 0 saturated heterocycles. The minimum atomic E-state index is -0.986. The number of aryl methyl sites for hydroxylation is 2. The van der Waals surface area contributed by atoms with Crippen LogP contribution in [0.2, 0.25) is 5.02 Å². The van der Waals surface area contributed by atoms with Gasteiger partial charge < -0.3 is 14.8 Å². The topological polar surface area (TPSA) is 106 Å². The average Bonchev–Trinajstić information content (AvgIpc) is 3.48. The van der Waals surface area contributed by atoms with E-state index in [4.69, 9.17) is 21.1 Å². The van der Waals surface area contributed by atoms with E-state index in [0.29, 0.717) is 40.7 Å². The van der Waals surface area contributed by atoms with Crippen molar-refractivity contribution >= 4 is 55.3 Å². The van der Waals surface area contributed by atoms with E-state index in [1.807, 2.05) is 69.3 Å². The Morgan fingerprint density at radius 3 is 2.27 bits per heavy atom. The summed E-state index contributed by atoms with van der Waals surface area (Å²) in [6.45, 7) is 13.0. The highest BCUT2D eigenvalue weighted by atomic mass is 79.9. The maximum atomic E-state index is 12.7. The van der Waals surface area contributed by atoms with Gasteiger partial charge in [0.15, 0.2) is 0 Å². The molecular formula is C40H43Br2ClN4O4. The smallest absolute Gasteiger partial charge is 0.311 e. The lowest BCUT2D eigenvalue weighted by molar-refractivity contribution is -0.149. The van der Waals surface area contributed by atoms with E-state index >= 15 is 0 Å². The first-order valence-corrected chi connectivity index (χ1v) is 18.6. The lowest BCUT2D eigenvalue weighted by Crippen LogP contribution is -2.25. The number of carbonyl (C=O) groups is 2. The number of allylic oxidation sites excluding steroid dienone is 1. The van der Waals surface area contributed by atoms with Crippen molar-refractivity contribution in [2.24, 2.45) is 24.3 Å². The Morgan fingerprint density at radius 2 is 1.71 bits per heavy atom. The van der Waals surface area contributed by atoms with Crippen LogP contribution in [-0.4, -0.2) is 21.7 Å². The highest BCUT2D eigenvalue weighted by Gasteiger charge is 2.61. The second-order valence-corrected chi connectivity index (χ2v) is 17.1. The van der Waals surface area contributed by atoms with Crippen molar-refractivity contribution in [1.29, 1.82) is 5.26 Å². The molecule has 1 fully saturated rings. The largest absolute Gasteiger partial charge is 0.457 e. The van der Waals surface area contributed by atoms with Gasteiger partial charge in [-0.3, -0.25) is 14.3 Å². The van der Waals surface area contributed by atoms with Gasteiger partial charge >= 0.3 is 5.97 Å². The van der Waals surface area contributed by atoms with Crippen molar-refractivity contribution in [3.63, 3.8) is 0 Å². The van der Waals surface area contributed by atoms with Gasteiger partial charge in [-0.05, 0) is 90.4 Å². The normalized spacial score (nSPS) is 16.4. The van der Waals surface area contributed by atoms with E-state index in [9.17, 15) is 14.9 Å². The molecule has 1 amide bonds. The fraction of sp³-hybridized carbons (Fsp3) is 0.350. The Hall–Kier alpha value is -3.91. The maximum absolute atomic E-state index is 12.7. The van der Waals surface area contributed by atoms with Crippen molar-refractivity contribution < 1.29 is 19.1 Å². The molecule has 51 heavy (non-hydrogen) atoms. The second-order valence-electron chi connectivity index (χ2n) is 13.9. The third kappa shape index (κ3) is 10.3. The average molecular weight is 839 g/mol. The van der Waals surface area contributed by atoms with Crippen LogP contribution in [0, 0.1) is 28.6 Å². The van der Waals surface area contributed by atoms with E-state index in [-0.39, 0.29) is 34.5 Å². The molecule has 5 rings (SSSR count). The number of esters is 1. The fourth-order valence-corrected chi connectivity index (χ4v) is 6.66. The van der Waals surface area contributed by atoms with Gasteiger partial charge in [-0.25, -0.2) is 0 Å². The van der Waals surface area contributed by atoms with Gasteiger partial charge in [0.05, 0.1) is 20.0 Å². The number of halogens is 3. The lowest BCUT2D eigenvalue weighted by atomic mass is 9.87. The fourth-order valence-electron chi connectivity index (χ4n) is 5.71. The molecule has 1 aliphatic carbocycles.